The number of nitrogens with two attached hydrogens (primary N) is 1. The summed E-state index contributed by atoms with van der Waals surface area (Å²) < 4.78 is 4.89. The zero-order valence-corrected chi connectivity index (χ0v) is 12.0. The summed E-state index contributed by atoms with van der Waals surface area (Å²) in [5, 5.41) is 13.5. The molecular weight excluding hydrogens is 262 g/mol. The van der Waals surface area contributed by atoms with Gasteiger partial charge in [-0.3, -0.25) is 14.9 Å². The maximum absolute atomic E-state index is 12.0. The molecule has 0 radical (unpaired) electrons. The normalized spacial score (nSPS) is 12.7. The molecule has 3 N–H and O–H groups in total. The number of methoxy groups -OCH3 is 1. The van der Waals surface area contributed by atoms with Crippen molar-refractivity contribution in [3.63, 3.8) is 0 Å². The van der Waals surface area contributed by atoms with E-state index in [2.05, 4.69) is 5.32 Å². The predicted molar refractivity (Wildman–Crippen MR) is 75.7 cm³/mol. The Kier molecular flexibility index (Phi) is 4.67. The number of rotatable bonds is 4. The topological polar surface area (TPSA) is 107 Å². The van der Waals surface area contributed by atoms with Crippen molar-refractivity contribution >= 4 is 17.3 Å². The lowest BCUT2D eigenvalue weighted by Gasteiger charge is -2.25. The maximum atomic E-state index is 12.0. The number of nitrogens with one attached hydrogen (secondary N) is 1. The van der Waals surface area contributed by atoms with Crippen molar-refractivity contribution in [1.29, 1.82) is 0 Å². The molecule has 0 aliphatic rings. The highest BCUT2D eigenvalue weighted by atomic mass is 16.6. The number of nitrogens with zero attached hydrogens (tertiary/aromatic N) is 1. The minimum absolute atomic E-state index is 0.133. The summed E-state index contributed by atoms with van der Waals surface area (Å²) in [6.07, 6.45) is 0. The van der Waals surface area contributed by atoms with Crippen molar-refractivity contribution in [2.45, 2.75) is 26.8 Å². The van der Waals surface area contributed by atoms with Crippen LogP contribution in [0.15, 0.2) is 18.2 Å². The molecule has 0 fully saturated rings. The minimum Gasteiger partial charge on any atom is -0.490 e. The number of nitro benzene ring substituents is 1. The molecule has 1 aromatic rings. The third-order valence-corrected chi connectivity index (χ3v) is 2.86. The Morgan fingerprint density at radius 3 is 2.50 bits per heavy atom. The van der Waals surface area contributed by atoms with Crippen LogP contribution in [0.5, 0.6) is 5.75 Å². The number of hydrogen-bond acceptors (Lipinski definition) is 5. The summed E-state index contributed by atoms with van der Waals surface area (Å²) in [6, 6.07) is 3.48. The molecule has 1 rings (SSSR count). The Hall–Kier alpha value is -2.15. The zero-order chi connectivity index (χ0) is 15.5. The second-order valence-corrected chi connectivity index (χ2v) is 5.48. The van der Waals surface area contributed by atoms with Crippen LogP contribution >= 0.6 is 0 Å². The molecule has 1 aromatic carbocycles. The van der Waals surface area contributed by atoms with Gasteiger partial charge in [0.1, 0.15) is 0 Å². The first kappa shape index (κ1) is 15.9. The van der Waals surface area contributed by atoms with Crippen molar-refractivity contribution < 1.29 is 14.5 Å². The third kappa shape index (κ3) is 3.67. The Morgan fingerprint density at radius 1 is 1.45 bits per heavy atom. The Morgan fingerprint density at radius 2 is 2.05 bits per heavy atom. The smallest absolute Gasteiger partial charge is 0.312 e. The lowest BCUT2D eigenvalue weighted by Crippen LogP contribution is -2.45. The molecule has 1 unspecified atom stereocenters. The number of nitro groups is 1. The Balaban J connectivity index is 2.97. The van der Waals surface area contributed by atoms with E-state index >= 15 is 0 Å². The van der Waals surface area contributed by atoms with Gasteiger partial charge in [-0.05, 0) is 17.5 Å². The van der Waals surface area contributed by atoms with E-state index in [-0.39, 0.29) is 11.4 Å². The highest BCUT2D eigenvalue weighted by Gasteiger charge is 2.28. The molecule has 0 bridgehead atoms. The number of benzene rings is 1. The van der Waals surface area contributed by atoms with Gasteiger partial charge in [0.15, 0.2) is 5.75 Å². The van der Waals surface area contributed by atoms with Crippen LogP contribution in [0, 0.1) is 15.5 Å². The fraction of sp³-hybridized carbons (Fsp3) is 0.462. The summed E-state index contributed by atoms with van der Waals surface area (Å²) in [5.41, 5.74) is 5.52. The molecule has 0 aliphatic carbocycles. The monoisotopic (exact) mass is 281 g/mol. The molecule has 7 heteroatoms. The van der Waals surface area contributed by atoms with Crippen LogP contribution in [-0.2, 0) is 4.79 Å². The molecule has 1 atom stereocenters. The number of carbonyl (C=O) groups is 1. The molecule has 20 heavy (non-hydrogen) atoms. The van der Waals surface area contributed by atoms with E-state index in [4.69, 9.17) is 10.5 Å². The lowest BCUT2D eigenvalue weighted by molar-refractivity contribution is -0.385. The summed E-state index contributed by atoms with van der Waals surface area (Å²) in [5.74, 6) is -0.259. The molecule has 0 saturated heterocycles. The first-order valence-electron chi connectivity index (χ1n) is 6.05. The van der Waals surface area contributed by atoms with Crippen LogP contribution < -0.4 is 15.8 Å². The van der Waals surface area contributed by atoms with Gasteiger partial charge in [-0.25, -0.2) is 0 Å². The van der Waals surface area contributed by atoms with Gasteiger partial charge in [-0.1, -0.05) is 20.8 Å². The van der Waals surface area contributed by atoms with Crippen molar-refractivity contribution in [3.05, 3.63) is 28.3 Å². The standard InChI is InChI=1S/C13H19N3O4/c1-13(2,3)11(14)12(17)15-8-5-6-10(20-4)9(7-8)16(18)19/h5-7,11H,14H2,1-4H3,(H,15,17). The molecule has 0 heterocycles. The van der Waals surface area contributed by atoms with E-state index in [1.54, 1.807) is 0 Å². The number of ether oxygens (including phenoxy) is 1. The molecule has 110 valence electrons. The molecule has 0 saturated carbocycles. The highest BCUT2D eigenvalue weighted by molar-refractivity contribution is 5.95. The highest BCUT2D eigenvalue weighted by Crippen LogP contribution is 2.30. The van der Waals surface area contributed by atoms with Gasteiger partial charge in [0, 0.05) is 11.8 Å². The van der Waals surface area contributed by atoms with E-state index < -0.39 is 22.3 Å². The van der Waals surface area contributed by atoms with Crippen LogP contribution in [0.2, 0.25) is 0 Å². The van der Waals surface area contributed by atoms with Crippen LogP contribution in [0.3, 0.4) is 0 Å². The lowest BCUT2D eigenvalue weighted by atomic mass is 9.87. The first-order valence-corrected chi connectivity index (χ1v) is 6.05. The van der Waals surface area contributed by atoms with E-state index in [0.29, 0.717) is 5.69 Å². The average molecular weight is 281 g/mol. The second kappa shape index (κ2) is 5.87. The van der Waals surface area contributed by atoms with Crippen LogP contribution in [0.1, 0.15) is 20.8 Å². The summed E-state index contributed by atoms with van der Waals surface area (Å²) in [4.78, 5) is 22.3. The van der Waals surface area contributed by atoms with Gasteiger partial charge in [-0.2, -0.15) is 0 Å². The molecule has 7 nitrogen and oxygen atoms in total. The van der Waals surface area contributed by atoms with Crippen molar-refractivity contribution in [1.82, 2.24) is 0 Å². The van der Waals surface area contributed by atoms with Gasteiger partial charge in [0.25, 0.3) is 0 Å². The molecule has 0 spiro atoms. The van der Waals surface area contributed by atoms with E-state index in [9.17, 15) is 14.9 Å². The van der Waals surface area contributed by atoms with Gasteiger partial charge in [0.05, 0.1) is 18.1 Å². The fourth-order valence-electron chi connectivity index (χ4n) is 1.52. The summed E-state index contributed by atoms with van der Waals surface area (Å²) >= 11 is 0. The van der Waals surface area contributed by atoms with Crippen LogP contribution in [-0.4, -0.2) is 24.0 Å². The first-order chi connectivity index (χ1) is 9.16. The van der Waals surface area contributed by atoms with Crippen LogP contribution in [0.25, 0.3) is 0 Å². The number of anilines is 1. The van der Waals surface area contributed by atoms with Crippen molar-refractivity contribution in [3.8, 4) is 5.75 Å². The molecule has 0 aliphatic heterocycles. The van der Waals surface area contributed by atoms with Crippen molar-refractivity contribution in [2.75, 3.05) is 12.4 Å². The number of hydrogen-bond donors (Lipinski definition) is 2. The zero-order valence-electron chi connectivity index (χ0n) is 12.0. The second-order valence-electron chi connectivity index (χ2n) is 5.48. The summed E-state index contributed by atoms with van der Waals surface area (Å²) in [6.45, 7) is 5.52. The van der Waals surface area contributed by atoms with E-state index in [0.717, 1.165) is 0 Å². The van der Waals surface area contributed by atoms with Gasteiger partial charge in [-0.15, -0.1) is 0 Å². The SMILES string of the molecule is COc1ccc(NC(=O)C(N)C(C)(C)C)cc1[N+](=O)[O-]. The third-order valence-electron chi connectivity index (χ3n) is 2.86. The van der Waals surface area contributed by atoms with Crippen LogP contribution in [0.4, 0.5) is 11.4 Å². The van der Waals surface area contributed by atoms with E-state index in [1.807, 2.05) is 20.8 Å². The number of carbonyl (C=O) groups excluding carboxylic acids is 1. The fourth-order valence-corrected chi connectivity index (χ4v) is 1.52. The largest absolute Gasteiger partial charge is 0.490 e. The molecule has 0 aromatic heterocycles. The van der Waals surface area contributed by atoms with Gasteiger partial charge in [0.2, 0.25) is 5.91 Å². The Labute approximate surface area is 117 Å². The maximum Gasteiger partial charge on any atom is 0.312 e. The molecular formula is C13H19N3O4. The number of amides is 1. The predicted octanol–water partition coefficient (Wildman–Crippen LogP) is 1.92. The van der Waals surface area contributed by atoms with E-state index in [1.165, 1.54) is 25.3 Å². The summed E-state index contributed by atoms with van der Waals surface area (Å²) in [7, 11) is 1.34. The Bertz CT molecular complexity index is 523. The van der Waals surface area contributed by atoms with Gasteiger partial charge < -0.3 is 15.8 Å². The van der Waals surface area contributed by atoms with Crippen molar-refractivity contribution in [2.24, 2.45) is 11.1 Å². The molecule has 1 amide bonds. The quantitative estimate of drug-likeness (QED) is 0.647. The van der Waals surface area contributed by atoms with Gasteiger partial charge >= 0.3 is 5.69 Å². The minimum atomic E-state index is -0.719. The average Bonchev–Trinajstić information content (AvgIpc) is 2.36.